The highest BCUT2D eigenvalue weighted by molar-refractivity contribution is 7.99. The monoisotopic (exact) mass is 305 g/mol. The third-order valence-corrected chi connectivity index (χ3v) is 4.06. The number of benzene rings is 1. The number of thioether (sulfide) groups is 1. The minimum Gasteiger partial charge on any atom is -0.494 e. The van der Waals surface area contributed by atoms with E-state index < -0.39 is 0 Å². The second-order valence-corrected chi connectivity index (χ2v) is 5.74. The quantitative estimate of drug-likeness (QED) is 0.694. The van der Waals surface area contributed by atoms with Crippen molar-refractivity contribution in [2.45, 2.75) is 31.5 Å². The van der Waals surface area contributed by atoms with Crippen LogP contribution < -0.4 is 10.1 Å². The molecule has 1 heterocycles. The maximum Gasteiger partial charge on any atom is 0.165 e. The highest BCUT2D eigenvalue weighted by atomic mass is 32.2. The van der Waals surface area contributed by atoms with Gasteiger partial charge in [-0.2, -0.15) is 0 Å². The van der Waals surface area contributed by atoms with Crippen LogP contribution in [0.5, 0.6) is 5.75 Å². The summed E-state index contributed by atoms with van der Waals surface area (Å²) in [5, 5.41) is 4.48. The molecule has 2 rings (SSSR count). The first-order valence-electron chi connectivity index (χ1n) is 7.41. The lowest BCUT2D eigenvalue weighted by atomic mass is 10.1. The SMILES string of the molecule is CCCOc1ccc(C(CSc2ncc[nH]2)NCC)cc1. The molecule has 2 aromatic rings. The van der Waals surface area contributed by atoms with Crippen LogP contribution in [0, 0.1) is 0 Å². The standard InChI is InChI=1S/C16H23N3OS/c1-3-11-20-14-7-5-13(6-8-14)15(17-4-2)12-21-16-18-9-10-19-16/h5-10,15,17H,3-4,11-12H2,1-2H3,(H,18,19). The molecule has 114 valence electrons. The van der Waals surface area contributed by atoms with Crippen LogP contribution in [-0.4, -0.2) is 28.9 Å². The van der Waals surface area contributed by atoms with Gasteiger partial charge in [-0.25, -0.2) is 4.98 Å². The number of nitrogens with zero attached hydrogens (tertiary/aromatic N) is 1. The van der Waals surface area contributed by atoms with Crippen LogP contribution in [0.2, 0.25) is 0 Å². The van der Waals surface area contributed by atoms with Crippen molar-refractivity contribution >= 4 is 11.8 Å². The fourth-order valence-electron chi connectivity index (χ4n) is 2.03. The molecule has 0 aliphatic carbocycles. The molecule has 1 atom stereocenters. The summed E-state index contributed by atoms with van der Waals surface area (Å²) in [6.45, 7) is 5.95. The Morgan fingerprint density at radius 2 is 2.10 bits per heavy atom. The molecule has 2 N–H and O–H groups in total. The molecule has 0 fully saturated rings. The number of nitrogens with one attached hydrogen (secondary N) is 2. The largest absolute Gasteiger partial charge is 0.494 e. The highest BCUT2D eigenvalue weighted by Crippen LogP contribution is 2.24. The zero-order valence-electron chi connectivity index (χ0n) is 12.6. The number of aromatic amines is 1. The third kappa shape index (κ3) is 5.10. The Balaban J connectivity index is 1.96. The van der Waals surface area contributed by atoms with E-state index in [1.165, 1.54) is 5.56 Å². The summed E-state index contributed by atoms with van der Waals surface area (Å²) in [7, 11) is 0. The van der Waals surface area contributed by atoms with E-state index in [-0.39, 0.29) is 0 Å². The highest BCUT2D eigenvalue weighted by Gasteiger charge is 2.11. The third-order valence-electron chi connectivity index (χ3n) is 3.07. The minimum atomic E-state index is 0.310. The summed E-state index contributed by atoms with van der Waals surface area (Å²) < 4.78 is 5.63. The van der Waals surface area contributed by atoms with Crippen LogP contribution in [0.4, 0.5) is 0 Å². The number of aromatic nitrogens is 2. The second kappa shape index (κ2) is 8.74. The van der Waals surface area contributed by atoms with Crippen LogP contribution in [0.25, 0.3) is 0 Å². The fourth-order valence-corrected chi connectivity index (χ4v) is 2.95. The smallest absolute Gasteiger partial charge is 0.165 e. The number of imidazole rings is 1. The van der Waals surface area contributed by atoms with Crippen molar-refractivity contribution < 1.29 is 4.74 Å². The maximum absolute atomic E-state index is 5.63. The lowest BCUT2D eigenvalue weighted by Crippen LogP contribution is -2.23. The Kier molecular flexibility index (Phi) is 6.63. The average Bonchev–Trinajstić information content (AvgIpc) is 3.03. The van der Waals surface area contributed by atoms with E-state index >= 15 is 0 Å². The molecular formula is C16H23N3OS. The molecule has 0 spiro atoms. The van der Waals surface area contributed by atoms with Crippen molar-refractivity contribution in [1.82, 2.24) is 15.3 Å². The van der Waals surface area contributed by atoms with Gasteiger partial charge in [-0.3, -0.25) is 0 Å². The summed E-state index contributed by atoms with van der Waals surface area (Å²) in [5.41, 5.74) is 1.28. The van der Waals surface area contributed by atoms with E-state index in [1.807, 2.05) is 18.3 Å². The van der Waals surface area contributed by atoms with E-state index in [4.69, 9.17) is 4.74 Å². The predicted molar refractivity (Wildman–Crippen MR) is 88.0 cm³/mol. The molecule has 0 saturated carbocycles. The zero-order chi connectivity index (χ0) is 14.9. The topological polar surface area (TPSA) is 49.9 Å². The molecule has 0 aliphatic rings. The van der Waals surface area contributed by atoms with Gasteiger partial charge in [0.15, 0.2) is 5.16 Å². The zero-order valence-corrected chi connectivity index (χ0v) is 13.5. The predicted octanol–water partition coefficient (Wildman–Crippen LogP) is 3.64. The van der Waals surface area contributed by atoms with Crippen molar-refractivity contribution in [3.05, 3.63) is 42.2 Å². The number of ether oxygens (including phenoxy) is 1. The van der Waals surface area contributed by atoms with E-state index in [1.54, 1.807) is 18.0 Å². The average molecular weight is 305 g/mol. The van der Waals surface area contributed by atoms with Crippen LogP contribution in [0.15, 0.2) is 41.8 Å². The Bertz CT molecular complexity index is 499. The molecule has 0 bridgehead atoms. The summed E-state index contributed by atoms with van der Waals surface area (Å²) in [5.74, 6) is 1.88. The molecular weight excluding hydrogens is 282 g/mol. The number of hydrogen-bond acceptors (Lipinski definition) is 4. The molecule has 0 saturated heterocycles. The van der Waals surface area contributed by atoms with Gasteiger partial charge in [0.1, 0.15) is 5.75 Å². The minimum absolute atomic E-state index is 0.310. The van der Waals surface area contributed by atoms with Crippen LogP contribution in [-0.2, 0) is 0 Å². The lowest BCUT2D eigenvalue weighted by molar-refractivity contribution is 0.317. The van der Waals surface area contributed by atoms with E-state index in [0.29, 0.717) is 6.04 Å². The number of hydrogen-bond donors (Lipinski definition) is 2. The summed E-state index contributed by atoms with van der Waals surface area (Å²) >= 11 is 1.73. The Labute approximate surface area is 130 Å². The number of rotatable bonds is 9. The molecule has 0 amide bonds. The number of H-pyrrole nitrogens is 1. The summed E-state index contributed by atoms with van der Waals surface area (Å²) in [4.78, 5) is 7.37. The second-order valence-electron chi connectivity index (χ2n) is 4.73. The van der Waals surface area contributed by atoms with Gasteiger partial charge in [0.05, 0.1) is 6.61 Å². The first kappa shape index (κ1) is 15.9. The van der Waals surface area contributed by atoms with Crippen molar-refractivity contribution in [1.29, 1.82) is 0 Å². The Hall–Kier alpha value is -1.46. The fraction of sp³-hybridized carbons (Fsp3) is 0.438. The first-order chi connectivity index (χ1) is 10.3. The molecule has 5 heteroatoms. The molecule has 21 heavy (non-hydrogen) atoms. The Morgan fingerprint density at radius 3 is 2.71 bits per heavy atom. The van der Waals surface area contributed by atoms with Gasteiger partial charge in [-0.1, -0.05) is 37.7 Å². The van der Waals surface area contributed by atoms with Gasteiger partial charge in [0.25, 0.3) is 0 Å². The molecule has 0 radical (unpaired) electrons. The molecule has 1 aromatic carbocycles. The van der Waals surface area contributed by atoms with E-state index in [2.05, 4.69) is 41.3 Å². The summed E-state index contributed by atoms with van der Waals surface area (Å²) in [6.07, 6.45) is 4.66. The van der Waals surface area contributed by atoms with E-state index in [0.717, 1.165) is 36.2 Å². The van der Waals surface area contributed by atoms with Crippen LogP contribution >= 0.6 is 11.8 Å². The van der Waals surface area contributed by atoms with Gasteiger partial charge in [-0.05, 0) is 30.7 Å². The Morgan fingerprint density at radius 1 is 1.29 bits per heavy atom. The van der Waals surface area contributed by atoms with Crippen molar-refractivity contribution in [3.8, 4) is 5.75 Å². The van der Waals surface area contributed by atoms with Gasteiger partial charge in [0.2, 0.25) is 0 Å². The van der Waals surface area contributed by atoms with E-state index in [9.17, 15) is 0 Å². The van der Waals surface area contributed by atoms with Crippen LogP contribution in [0.3, 0.4) is 0 Å². The van der Waals surface area contributed by atoms with Gasteiger partial charge >= 0.3 is 0 Å². The molecule has 1 unspecified atom stereocenters. The normalized spacial score (nSPS) is 12.3. The van der Waals surface area contributed by atoms with Crippen molar-refractivity contribution in [2.75, 3.05) is 18.9 Å². The lowest BCUT2D eigenvalue weighted by Gasteiger charge is -2.18. The molecule has 4 nitrogen and oxygen atoms in total. The first-order valence-corrected chi connectivity index (χ1v) is 8.40. The maximum atomic E-state index is 5.63. The van der Waals surface area contributed by atoms with Crippen molar-refractivity contribution in [3.63, 3.8) is 0 Å². The van der Waals surface area contributed by atoms with Gasteiger partial charge < -0.3 is 15.0 Å². The van der Waals surface area contributed by atoms with Crippen molar-refractivity contribution in [2.24, 2.45) is 0 Å². The molecule has 1 aromatic heterocycles. The van der Waals surface area contributed by atoms with Crippen LogP contribution in [0.1, 0.15) is 31.9 Å². The summed E-state index contributed by atoms with van der Waals surface area (Å²) in [6, 6.07) is 8.69. The van der Waals surface area contributed by atoms with Gasteiger partial charge in [-0.15, -0.1) is 0 Å². The molecule has 0 aliphatic heterocycles. The van der Waals surface area contributed by atoms with Gasteiger partial charge in [0, 0.05) is 24.2 Å².